The molecule has 2 aromatic carbocycles. The largest absolute Gasteiger partial charge is 0.351 e. The molecule has 8 nitrogen and oxygen atoms in total. The van der Waals surface area contributed by atoms with Gasteiger partial charge in [-0.1, -0.05) is 12.1 Å². The minimum Gasteiger partial charge on any atom is -0.351 e. The lowest BCUT2D eigenvalue weighted by atomic mass is 10.1. The van der Waals surface area contributed by atoms with Gasteiger partial charge in [0.2, 0.25) is 0 Å². The van der Waals surface area contributed by atoms with Crippen molar-refractivity contribution in [3.8, 4) is 22.5 Å². The number of amides is 1. The standard InChI is InChI=1S/C24H21N7O/c1-2-25-24(32)21-12-17-11-16(5-8-20(17)30-21)23-26-10-9-22(31-23)29-19-6-3-15(4-7-19)18-13-27-28-14-18/h3-14,30H,2H2,1H3,(H,25,32)(H,27,28)(H,26,29,31). The zero-order valence-corrected chi connectivity index (χ0v) is 17.4. The highest BCUT2D eigenvalue weighted by molar-refractivity contribution is 5.98. The van der Waals surface area contributed by atoms with Crippen LogP contribution in [0.3, 0.4) is 0 Å². The van der Waals surface area contributed by atoms with E-state index in [2.05, 4.69) is 35.8 Å². The first-order valence-electron chi connectivity index (χ1n) is 10.3. The van der Waals surface area contributed by atoms with Crippen LogP contribution in [0.5, 0.6) is 0 Å². The second kappa shape index (κ2) is 8.35. The molecule has 0 aliphatic carbocycles. The molecule has 5 aromatic rings. The summed E-state index contributed by atoms with van der Waals surface area (Å²) in [5.41, 5.74) is 5.35. The van der Waals surface area contributed by atoms with E-state index in [4.69, 9.17) is 0 Å². The molecular formula is C24H21N7O. The molecule has 3 aromatic heterocycles. The van der Waals surface area contributed by atoms with Gasteiger partial charge in [0.05, 0.1) is 6.20 Å². The summed E-state index contributed by atoms with van der Waals surface area (Å²) in [6.07, 6.45) is 5.38. The highest BCUT2D eigenvalue weighted by Crippen LogP contribution is 2.25. The minimum atomic E-state index is -0.119. The quantitative estimate of drug-likeness (QED) is 0.321. The SMILES string of the molecule is CCNC(=O)c1cc2cc(-c3nccc(Nc4ccc(-c5cn[nH]c5)cc4)n3)ccc2[nH]1. The number of hydrogen-bond acceptors (Lipinski definition) is 5. The fraction of sp³-hybridized carbons (Fsp3) is 0.0833. The van der Waals surface area contributed by atoms with Gasteiger partial charge in [0.15, 0.2) is 5.82 Å². The number of carbonyl (C=O) groups excluding carboxylic acids is 1. The van der Waals surface area contributed by atoms with Crippen molar-refractivity contribution in [2.24, 2.45) is 0 Å². The predicted molar refractivity (Wildman–Crippen MR) is 125 cm³/mol. The topological polar surface area (TPSA) is 111 Å². The number of aromatic amines is 2. The van der Waals surface area contributed by atoms with E-state index in [1.807, 2.05) is 67.7 Å². The highest BCUT2D eigenvalue weighted by atomic mass is 16.1. The number of benzene rings is 2. The van der Waals surface area contributed by atoms with Crippen molar-refractivity contribution in [2.75, 3.05) is 11.9 Å². The van der Waals surface area contributed by atoms with Crippen molar-refractivity contribution < 1.29 is 4.79 Å². The third-order valence-corrected chi connectivity index (χ3v) is 5.11. The van der Waals surface area contributed by atoms with Crippen LogP contribution in [0.15, 0.2) is 73.2 Å². The zero-order valence-electron chi connectivity index (χ0n) is 17.4. The number of aromatic nitrogens is 5. The van der Waals surface area contributed by atoms with Gasteiger partial charge in [0.1, 0.15) is 11.5 Å². The van der Waals surface area contributed by atoms with Gasteiger partial charge in [0.25, 0.3) is 5.91 Å². The van der Waals surface area contributed by atoms with Crippen LogP contribution in [0.25, 0.3) is 33.4 Å². The molecule has 0 fully saturated rings. The van der Waals surface area contributed by atoms with Crippen molar-refractivity contribution in [3.63, 3.8) is 0 Å². The Hall–Kier alpha value is -4.46. The van der Waals surface area contributed by atoms with Gasteiger partial charge < -0.3 is 15.6 Å². The molecule has 4 N–H and O–H groups in total. The van der Waals surface area contributed by atoms with E-state index in [-0.39, 0.29) is 5.91 Å². The maximum absolute atomic E-state index is 12.1. The Balaban J connectivity index is 1.37. The molecule has 0 atom stereocenters. The van der Waals surface area contributed by atoms with Gasteiger partial charge in [-0.25, -0.2) is 9.97 Å². The molecular weight excluding hydrogens is 402 g/mol. The van der Waals surface area contributed by atoms with Gasteiger partial charge in [-0.2, -0.15) is 5.10 Å². The minimum absolute atomic E-state index is 0.119. The number of anilines is 2. The molecule has 158 valence electrons. The van der Waals surface area contributed by atoms with Crippen molar-refractivity contribution in [1.82, 2.24) is 30.5 Å². The Morgan fingerprint density at radius 1 is 1.00 bits per heavy atom. The smallest absolute Gasteiger partial charge is 0.267 e. The Bertz CT molecular complexity index is 1370. The number of carbonyl (C=O) groups is 1. The zero-order chi connectivity index (χ0) is 21.9. The van der Waals surface area contributed by atoms with Gasteiger partial charge in [0, 0.05) is 46.7 Å². The first-order chi connectivity index (χ1) is 15.7. The van der Waals surface area contributed by atoms with E-state index in [0.29, 0.717) is 23.9 Å². The van der Waals surface area contributed by atoms with E-state index in [0.717, 1.165) is 33.3 Å². The van der Waals surface area contributed by atoms with Gasteiger partial charge in [-0.05, 0) is 55.0 Å². The summed E-state index contributed by atoms with van der Waals surface area (Å²) in [5.74, 6) is 1.18. The molecule has 32 heavy (non-hydrogen) atoms. The van der Waals surface area contributed by atoms with E-state index in [9.17, 15) is 4.79 Å². The summed E-state index contributed by atoms with van der Waals surface area (Å²) in [6.45, 7) is 2.48. The van der Waals surface area contributed by atoms with Gasteiger partial charge >= 0.3 is 0 Å². The number of fused-ring (bicyclic) bond motifs is 1. The number of nitrogens with zero attached hydrogens (tertiary/aromatic N) is 3. The third-order valence-electron chi connectivity index (χ3n) is 5.11. The molecule has 0 radical (unpaired) electrons. The van der Waals surface area contributed by atoms with Crippen molar-refractivity contribution >= 4 is 28.3 Å². The molecule has 0 bridgehead atoms. The summed E-state index contributed by atoms with van der Waals surface area (Å²) in [5, 5.41) is 13.9. The van der Waals surface area contributed by atoms with E-state index < -0.39 is 0 Å². The normalized spacial score (nSPS) is 10.9. The fourth-order valence-electron chi connectivity index (χ4n) is 3.52. The number of hydrogen-bond donors (Lipinski definition) is 4. The summed E-state index contributed by atoms with van der Waals surface area (Å²) >= 11 is 0. The highest BCUT2D eigenvalue weighted by Gasteiger charge is 2.10. The molecule has 0 spiro atoms. The molecule has 1 amide bonds. The van der Waals surface area contributed by atoms with E-state index >= 15 is 0 Å². The lowest BCUT2D eigenvalue weighted by Gasteiger charge is -2.08. The van der Waals surface area contributed by atoms with Crippen molar-refractivity contribution in [2.45, 2.75) is 6.92 Å². The Labute approximate surface area is 184 Å². The van der Waals surface area contributed by atoms with Crippen LogP contribution >= 0.6 is 0 Å². The molecule has 0 unspecified atom stereocenters. The fourth-order valence-corrected chi connectivity index (χ4v) is 3.52. The molecule has 3 heterocycles. The molecule has 5 rings (SSSR count). The molecule has 0 saturated carbocycles. The molecule has 8 heteroatoms. The van der Waals surface area contributed by atoms with Crippen LogP contribution in [0, 0.1) is 0 Å². The Kier molecular flexibility index (Phi) is 5.09. The number of H-pyrrole nitrogens is 2. The average Bonchev–Trinajstić information content (AvgIpc) is 3.50. The molecule has 0 aliphatic rings. The summed E-state index contributed by atoms with van der Waals surface area (Å²) in [6, 6.07) is 17.6. The van der Waals surface area contributed by atoms with Crippen molar-refractivity contribution in [1.29, 1.82) is 0 Å². The van der Waals surface area contributed by atoms with E-state index in [1.165, 1.54) is 0 Å². The predicted octanol–water partition coefficient (Wildman–Crippen LogP) is 4.51. The summed E-state index contributed by atoms with van der Waals surface area (Å²) in [7, 11) is 0. The number of nitrogens with one attached hydrogen (secondary N) is 4. The maximum Gasteiger partial charge on any atom is 0.267 e. The van der Waals surface area contributed by atoms with Crippen LogP contribution in [-0.4, -0.2) is 37.6 Å². The second-order valence-electron chi connectivity index (χ2n) is 7.30. The third kappa shape index (κ3) is 3.93. The van der Waals surface area contributed by atoms with Crippen LogP contribution in [-0.2, 0) is 0 Å². The second-order valence-corrected chi connectivity index (χ2v) is 7.30. The Morgan fingerprint density at radius 2 is 1.84 bits per heavy atom. The van der Waals surface area contributed by atoms with Gasteiger partial charge in [-0.15, -0.1) is 0 Å². The first-order valence-corrected chi connectivity index (χ1v) is 10.3. The molecule has 0 aliphatic heterocycles. The maximum atomic E-state index is 12.1. The number of rotatable bonds is 6. The van der Waals surface area contributed by atoms with Crippen LogP contribution in [0.2, 0.25) is 0 Å². The summed E-state index contributed by atoms with van der Waals surface area (Å²) < 4.78 is 0. The van der Waals surface area contributed by atoms with Crippen molar-refractivity contribution in [3.05, 3.63) is 78.9 Å². The van der Waals surface area contributed by atoms with Crippen LogP contribution in [0.1, 0.15) is 17.4 Å². The van der Waals surface area contributed by atoms with E-state index in [1.54, 1.807) is 12.4 Å². The first kappa shape index (κ1) is 19.5. The average molecular weight is 423 g/mol. The lowest BCUT2D eigenvalue weighted by Crippen LogP contribution is -2.22. The monoisotopic (exact) mass is 423 g/mol. The summed E-state index contributed by atoms with van der Waals surface area (Å²) in [4.78, 5) is 24.3. The van der Waals surface area contributed by atoms with Crippen LogP contribution < -0.4 is 10.6 Å². The lowest BCUT2D eigenvalue weighted by molar-refractivity contribution is 0.0951. The van der Waals surface area contributed by atoms with Gasteiger partial charge in [-0.3, -0.25) is 9.89 Å². The molecule has 0 saturated heterocycles. The van der Waals surface area contributed by atoms with Crippen LogP contribution in [0.4, 0.5) is 11.5 Å². The Morgan fingerprint density at radius 3 is 2.62 bits per heavy atom.